The third-order valence-electron chi connectivity index (χ3n) is 7.13. The van der Waals surface area contributed by atoms with Crippen molar-refractivity contribution in [1.29, 1.82) is 0 Å². The van der Waals surface area contributed by atoms with Crippen molar-refractivity contribution in [1.82, 2.24) is 14.5 Å². The SMILES string of the molecule is Cc1ccc(S(=O)(=O)N2CCC(C(=O)NCc3cccc(CN4CCOC(C)C4)c3)CC2)cc1C. The largest absolute Gasteiger partial charge is 0.376 e. The number of ether oxygens (including phenoxy) is 1. The number of hydrogen-bond donors (Lipinski definition) is 1. The topological polar surface area (TPSA) is 79.0 Å². The van der Waals surface area contributed by atoms with E-state index in [2.05, 4.69) is 29.3 Å². The molecule has 0 bridgehead atoms. The Balaban J connectivity index is 1.27. The summed E-state index contributed by atoms with van der Waals surface area (Å²) in [6, 6.07) is 13.6. The van der Waals surface area contributed by atoms with Gasteiger partial charge in [-0.05, 0) is 68.0 Å². The first-order valence-electron chi connectivity index (χ1n) is 12.5. The summed E-state index contributed by atoms with van der Waals surface area (Å²) in [5.41, 5.74) is 4.34. The number of carbonyl (C=O) groups excluding carboxylic acids is 1. The third-order valence-corrected chi connectivity index (χ3v) is 9.03. The van der Waals surface area contributed by atoms with Crippen LogP contribution >= 0.6 is 0 Å². The molecule has 2 heterocycles. The molecule has 4 rings (SSSR count). The number of amides is 1. The fraction of sp³-hybridized carbons (Fsp3) is 0.519. The molecular formula is C27H37N3O4S. The zero-order valence-corrected chi connectivity index (χ0v) is 21.8. The van der Waals surface area contributed by atoms with E-state index in [0.29, 0.717) is 37.4 Å². The number of aryl methyl sites for hydroxylation is 2. The normalized spacial score (nSPS) is 20.6. The maximum atomic E-state index is 13.0. The molecule has 0 radical (unpaired) electrons. The van der Waals surface area contributed by atoms with E-state index < -0.39 is 10.0 Å². The van der Waals surface area contributed by atoms with Crippen molar-refractivity contribution in [3.63, 3.8) is 0 Å². The van der Waals surface area contributed by atoms with Gasteiger partial charge in [-0.3, -0.25) is 9.69 Å². The number of hydrogen-bond acceptors (Lipinski definition) is 5. The van der Waals surface area contributed by atoms with Crippen LogP contribution in [0.1, 0.15) is 42.0 Å². The molecule has 0 aliphatic carbocycles. The van der Waals surface area contributed by atoms with E-state index in [1.807, 2.05) is 32.0 Å². The van der Waals surface area contributed by atoms with Crippen LogP contribution in [0.5, 0.6) is 0 Å². The maximum Gasteiger partial charge on any atom is 0.243 e. The van der Waals surface area contributed by atoms with Gasteiger partial charge >= 0.3 is 0 Å². The zero-order chi connectivity index (χ0) is 25.0. The van der Waals surface area contributed by atoms with Crippen LogP contribution in [-0.2, 0) is 32.6 Å². The number of carbonyl (C=O) groups is 1. The summed E-state index contributed by atoms with van der Waals surface area (Å²) >= 11 is 0. The minimum Gasteiger partial charge on any atom is -0.376 e. The van der Waals surface area contributed by atoms with Gasteiger partial charge in [-0.2, -0.15) is 4.31 Å². The average molecular weight is 500 g/mol. The van der Waals surface area contributed by atoms with Gasteiger partial charge in [0.2, 0.25) is 15.9 Å². The lowest BCUT2D eigenvalue weighted by Crippen LogP contribution is -2.42. The molecule has 190 valence electrons. The summed E-state index contributed by atoms with van der Waals surface area (Å²) in [5, 5.41) is 3.07. The summed E-state index contributed by atoms with van der Waals surface area (Å²) in [6.07, 6.45) is 1.32. The first-order valence-corrected chi connectivity index (χ1v) is 13.9. The molecule has 8 heteroatoms. The molecule has 1 N–H and O–H groups in total. The van der Waals surface area contributed by atoms with Crippen LogP contribution < -0.4 is 5.32 Å². The molecule has 2 aromatic carbocycles. The Morgan fingerprint density at radius 1 is 1.03 bits per heavy atom. The van der Waals surface area contributed by atoms with Crippen LogP contribution in [-0.4, -0.2) is 62.4 Å². The Kier molecular flexibility index (Phi) is 8.27. The number of morpholine rings is 1. The lowest BCUT2D eigenvalue weighted by Gasteiger charge is -2.31. The lowest BCUT2D eigenvalue weighted by atomic mass is 9.97. The highest BCUT2D eigenvalue weighted by molar-refractivity contribution is 7.89. The van der Waals surface area contributed by atoms with E-state index in [0.717, 1.165) is 42.9 Å². The molecule has 1 unspecified atom stereocenters. The van der Waals surface area contributed by atoms with Crippen molar-refractivity contribution >= 4 is 15.9 Å². The van der Waals surface area contributed by atoms with Crippen LogP contribution in [0.25, 0.3) is 0 Å². The number of piperidine rings is 1. The number of nitrogens with zero attached hydrogens (tertiary/aromatic N) is 2. The highest BCUT2D eigenvalue weighted by Crippen LogP contribution is 2.25. The molecular weight excluding hydrogens is 462 g/mol. The van der Waals surface area contributed by atoms with Gasteiger partial charge < -0.3 is 10.1 Å². The Morgan fingerprint density at radius 3 is 2.49 bits per heavy atom. The van der Waals surface area contributed by atoms with Crippen molar-refractivity contribution < 1.29 is 17.9 Å². The van der Waals surface area contributed by atoms with Crippen molar-refractivity contribution in [2.75, 3.05) is 32.8 Å². The first-order chi connectivity index (χ1) is 16.7. The van der Waals surface area contributed by atoms with Crippen LogP contribution in [0.2, 0.25) is 0 Å². The van der Waals surface area contributed by atoms with Crippen LogP contribution in [0, 0.1) is 19.8 Å². The Labute approximate surface area is 209 Å². The minimum atomic E-state index is -3.54. The number of benzene rings is 2. The predicted molar refractivity (Wildman–Crippen MR) is 136 cm³/mol. The van der Waals surface area contributed by atoms with E-state index in [1.54, 1.807) is 12.1 Å². The summed E-state index contributed by atoms with van der Waals surface area (Å²) in [6.45, 7) is 10.7. The lowest BCUT2D eigenvalue weighted by molar-refractivity contribution is -0.126. The fourth-order valence-electron chi connectivity index (χ4n) is 4.85. The number of sulfonamides is 1. The second-order valence-corrected chi connectivity index (χ2v) is 11.8. The summed E-state index contributed by atoms with van der Waals surface area (Å²) in [7, 11) is -3.54. The quantitative estimate of drug-likeness (QED) is 0.633. The van der Waals surface area contributed by atoms with Gasteiger partial charge in [-0.25, -0.2) is 8.42 Å². The molecule has 0 spiro atoms. The molecule has 7 nitrogen and oxygen atoms in total. The molecule has 0 saturated carbocycles. The van der Waals surface area contributed by atoms with Crippen molar-refractivity contribution in [2.24, 2.45) is 5.92 Å². The minimum absolute atomic E-state index is 0.000588. The van der Waals surface area contributed by atoms with Crippen molar-refractivity contribution in [3.8, 4) is 0 Å². The van der Waals surface area contributed by atoms with Crippen molar-refractivity contribution in [3.05, 3.63) is 64.7 Å². The van der Waals surface area contributed by atoms with Crippen LogP contribution in [0.3, 0.4) is 0 Å². The summed E-state index contributed by atoms with van der Waals surface area (Å²) < 4.78 is 33.2. The summed E-state index contributed by atoms with van der Waals surface area (Å²) in [4.78, 5) is 15.5. The van der Waals surface area contributed by atoms with Crippen molar-refractivity contribution in [2.45, 2.75) is 57.7 Å². The predicted octanol–water partition coefficient (Wildman–Crippen LogP) is 3.24. The monoisotopic (exact) mass is 499 g/mol. The molecule has 2 fully saturated rings. The zero-order valence-electron chi connectivity index (χ0n) is 21.0. The maximum absolute atomic E-state index is 13.0. The molecule has 1 amide bonds. The van der Waals surface area contributed by atoms with Gasteiger partial charge in [0.15, 0.2) is 0 Å². The molecule has 35 heavy (non-hydrogen) atoms. The smallest absolute Gasteiger partial charge is 0.243 e. The van der Waals surface area contributed by atoms with Crippen LogP contribution in [0.15, 0.2) is 47.4 Å². The Morgan fingerprint density at radius 2 is 1.77 bits per heavy atom. The molecule has 2 aliphatic heterocycles. The number of rotatable bonds is 7. The van der Waals surface area contributed by atoms with E-state index in [4.69, 9.17) is 4.74 Å². The molecule has 0 aromatic heterocycles. The van der Waals surface area contributed by atoms with E-state index >= 15 is 0 Å². The standard InChI is InChI=1S/C27H37N3O4S/c1-20-7-8-26(15-21(20)2)35(32,33)30-11-9-25(10-12-30)27(31)28-17-23-5-4-6-24(16-23)19-29-13-14-34-22(3)18-29/h4-8,15-16,22,25H,9-14,17-19H2,1-3H3,(H,28,31). The third kappa shape index (κ3) is 6.50. The first kappa shape index (κ1) is 25.8. The average Bonchev–Trinajstić information content (AvgIpc) is 2.84. The highest BCUT2D eigenvalue weighted by Gasteiger charge is 2.32. The second-order valence-electron chi connectivity index (χ2n) is 9.88. The Bertz CT molecular complexity index is 1140. The molecule has 2 saturated heterocycles. The van der Waals surface area contributed by atoms with Gasteiger partial charge in [0.05, 0.1) is 17.6 Å². The van der Waals surface area contributed by atoms with E-state index in [1.165, 1.54) is 9.87 Å². The fourth-order valence-corrected chi connectivity index (χ4v) is 6.40. The van der Waals surface area contributed by atoms with Gasteiger partial charge in [0, 0.05) is 45.2 Å². The van der Waals surface area contributed by atoms with Gasteiger partial charge in [-0.1, -0.05) is 30.3 Å². The second kappa shape index (κ2) is 11.2. The van der Waals surface area contributed by atoms with Gasteiger partial charge in [-0.15, -0.1) is 0 Å². The number of nitrogens with one attached hydrogen (secondary N) is 1. The van der Waals surface area contributed by atoms with Gasteiger partial charge in [0.1, 0.15) is 0 Å². The molecule has 1 atom stereocenters. The van der Waals surface area contributed by atoms with Gasteiger partial charge in [0.25, 0.3) is 0 Å². The van der Waals surface area contributed by atoms with Crippen LogP contribution in [0.4, 0.5) is 0 Å². The van der Waals surface area contributed by atoms with E-state index in [9.17, 15) is 13.2 Å². The Hall–Kier alpha value is -2.26. The molecule has 2 aliphatic rings. The molecule has 2 aromatic rings. The summed E-state index contributed by atoms with van der Waals surface area (Å²) in [5.74, 6) is -0.167. The highest BCUT2D eigenvalue weighted by atomic mass is 32.2. The van der Waals surface area contributed by atoms with E-state index in [-0.39, 0.29) is 17.9 Å².